The van der Waals surface area contributed by atoms with Crippen molar-refractivity contribution in [2.45, 2.75) is 19.4 Å². The second-order valence-corrected chi connectivity index (χ2v) is 9.05. The summed E-state index contributed by atoms with van der Waals surface area (Å²) in [7, 11) is 0. The minimum absolute atomic E-state index is 0.0468. The largest absolute Gasteiger partial charge is 0.324 e. The molecule has 1 amide bonds. The zero-order valence-corrected chi connectivity index (χ0v) is 19.2. The molecule has 3 heterocycles. The molecule has 0 unspecified atom stereocenters. The number of hydrogen-bond donors (Lipinski definition) is 1. The normalized spacial score (nSPS) is 16.8. The number of anilines is 1. The van der Waals surface area contributed by atoms with Crippen LogP contribution in [0.4, 0.5) is 5.69 Å². The Labute approximate surface area is 195 Å². The minimum atomic E-state index is -0.0468. The fourth-order valence-corrected chi connectivity index (χ4v) is 4.62. The van der Waals surface area contributed by atoms with Crippen LogP contribution in [0.1, 0.15) is 18.7 Å². The van der Waals surface area contributed by atoms with Gasteiger partial charge >= 0.3 is 0 Å². The third-order valence-electron chi connectivity index (χ3n) is 5.89. The van der Waals surface area contributed by atoms with Crippen LogP contribution in [0.15, 0.2) is 77.5 Å². The Morgan fingerprint density at radius 3 is 2.75 bits per heavy atom. The molecule has 162 valence electrons. The molecule has 1 aliphatic heterocycles. The number of nitrogens with zero attached hydrogens (tertiary/aromatic N) is 4. The van der Waals surface area contributed by atoms with E-state index in [2.05, 4.69) is 60.0 Å². The van der Waals surface area contributed by atoms with Crippen LogP contribution >= 0.6 is 15.9 Å². The van der Waals surface area contributed by atoms with Crippen molar-refractivity contribution in [1.82, 2.24) is 19.4 Å². The molecule has 1 aliphatic rings. The summed E-state index contributed by atoms with van der Waals surface area (Å²) < 4.78 is 3.27. The molecule has 0 aliphatic carbocycles. The summed E-state index contributed by atoms with van der Waals surface area (Å²) in [5.74, 6) is 1.00. The van der Waals surface area contributed by atoms with Crippen molar-refractivity contribution in [1.29, 1.82) is 0 Å². The second-order valence-electron chi connectivity index (χ2n) is 8.13. The number of benzene rings is 2. The SMILES string of the molecule is O=C(Nc1cccnc1)[C@H]1CCCN(Cc2nc3ccccc3n2-c2ccc(Br)cc2)C1. The van der Waals surface area contributed by atoms with Crippen molar-refractivity contribution in [3.05, 3.63) is 83.4 Å². The Hall–Kier alpha value is -3.03. The number of carbonyl (C=O) groups excluding carboxylic acids is 1. The van der Waals surface area contributed by atoms with Crippen molar-refractivity contribution < 1.29 is 4.79 Å². The fourth-order valence-electron chi connectivity index (χ4n) is 4.35. The maximum atomic E-state index is 12.8. The molecule has 0 spiro atoms. The number of rotatable bonds is 5. The van der Waals surface area contributed by atoms with Crippen molar-refractivity contribution in [3.63, 3.8) is 0 Å². The monoisotopic (exact) mass is 489 g/mol. The first kappa shape index (κ1) is 20.8. The standard InChI is InChI=1S/C25H24BrN5O/c26-19-9-11-21(12-10-19)31-23-8-2-1-7-22(23)29-24(31)17-30-14-4-5-18(16-30)25(32)28-20-6-3-13-27-15-20/h1-3,6-13,15,18H,4-5,14,16-17H2,(H,28,32)/t18-/m0/s1. The molecule has 1 N–H and O–H groups in total. The maximum absolute atomic E-state index is 12.8. The molecular weight excluding hydrogens is 466 g/mol. The van der Waals surface area contributed by atoms with Gasteiger partial charge in [-0.25, -0.2) is 4.98 Å². The molecule has 0 saturated carbocycles. The Kier molecular flexibility index (Phi) is 6.01. The Balaban J connectivity index is 1.37. The van der Waals surface area contributed by atoms with Crippen LogP contribution in [-0.2, 0) is 11.3 Å². The lowest BCUT2D eigenvalue weighted by Gasteiger charge is -2.31. The van der Waals surface area contributed by atoms with Crippen LogP contribution < -0.4 is 5.32 Å². The topological polar surface area (TPSA) is 63.1 Å². The number of aromatic nitrogens is 3. The molecule has 0 bridgehead atoms. The van der Waals surface area contributed by atoms with Crippen molar-refractivity contribution >= 4 is 38.6 Å². The molecule has 1 saturated heterocycles. The van der Waals surface area contributed by atoms with E-state index >= 15 is 0 Å². The first-order valence-electron chi connectivity index (χ1n) is 10.8. The highest BCUT2D eigenvalue weighted by molar-refractivity contribution is 9.10. The molecular formula is C25H24BrN5O. The van der Waals surface area contributed by atoms with E-state index in [1.165, 1.54) is 0 Å². The Morgan fingerprint density at radius 1 is 1.09 bits per heavy atom. The zero-order valence-electron chi connectivity index (χ0n) is 17.6. The summed E-state index contributed by atoms with van der Waals surface area (Å²) in [5, 5.41) is 3.01. The molecule has 0 radical (unpaired) electrons. The van der Waals surface area contributed by atoms with Crippen molar-refractivity contribution in [2.75, 3.05) is 18.4 Å². The van der Waals surface area contributed by atoms with Gasteiger partial charge in [0.15, 0.2) is 0 Å². The molecule has 2 aromatic heterocycles. The third-order valence-corrected chi connectivity index (χ3v) is 6.41. The van der Waals surface area contributed by atoms with E-state index in [-0.39, 0.29) is 11.8 Å². The van der Waals surface area contributed by atoms with Crippen LogP contribution in [0.25, 0.3) is 16.7 Å². The number of halogens is 1. The van der Waals surface area contributed by atoms with Gasteiger partial charge in [0.05, 0.1) is 35.4 Å². The maximum Gasteiger partial charge on any atom is 0.228 e. The molecule has 2 aromatic carbocycles. The van der Waals surface area contributed by atoms with Crippen LogP contribution in [0.3, 0.4) is 0 Å². The van der Waals surface area contributed by atoms with Crippen LogP contribution in [0.2, 0.25) is 0 Å². The number of amides is 1. The molecule has 6 nitrogen and oxygen atoms in total. The highest BCUT2D eigenvalue weighted by atomic mass is 79.9. The smallest absolute Gasteiger partial charge is 0.228 e. The predicted molar refractivity (Wildman–Crippen MR) is 130 cm³/mol. The van der Waals surface area contributed by atoms with Gasteiger partial charge in [0, 0.05) is 22.9 Å². The van der Waals surface area contributed by atoms with Gasteiger partial charge in [-0.15, -0.1) is 0 Å². The van der Waals surface area contributed by atoms with Crippen molar-refractivity contribution in [3.8, 4) is 5.69 Å². The summed E-state index contributed by atoms with van der Waals surface area (Å²) in [4.78, 5) is 24.2. The summed E-state index contributed by atoms with van der Waals surface area (Å²) >= 11 is 3.53. The summed E-state index contributed by atoms with van der Waals surface area (Å²) in [6.45, 7) is 2.37. The summed E-state index contributed by atoms with van der Waals surface area (Å²) in [5.41, 5.74) is 3.90. The van der Waals surface area contributed by atoms with Gasteiger partial charge < -0.3 is 5.32 Å². The summed E-state index contributed by atoms with van der Waals surface area (Å²) in [6, 6.07) is 20.2. The lowest BCUT2D eigenvalue weighted by molar-refractivity contribution is -0.121. The molecule has 32 heavy (non-hydrogen) atoms. The van der Waals surface area contributed by atoms with Crippen LogP contribution in [-0.4, -0.2) is 38.4 Å². The van der Waals surface area contributed by atoms with Gasteiger partial charge in [0.1, 0.15) is 5.82 Å². The summed E-state index contributed by atoms with van der Waals surface area (Å²) in [6.07, 6.45) is 5.27. The van der Waals surface area contributed by atoms with E-state index in [1.54, 1.807) is 12.4 Å². The van der Waals surface area contributed by atoms with E-state index < -0.39 is 0 Å². The zero-order chi connectivity index (χ0) is 21.9. The quantitative estimate of drug-likeness (QED) is 0.426. The van der Waals surface area contributed by atoms with E-state index in [0.717, 1.165) is 58.6 Å². The fraction of sp³-hybridized carbons (Fsp3) is 0.240. The number of para-hydroxylation sites is 2. The second kappa shape index (κ2) is 9.22. The van der Waals surface area contributed by atoms with Crippen molar-refractivity contribution in [2.24, 2.45) is 5.92 Å². The first-order valence-corrected chi connectivity index (χ1v) is 11.6. The number of pyridine rings is 1. The molecule has 1 atom stereocenters. The molecule has 1 fully saturated rings. The highest BCUT2D eigenvalue weighted by Crippen LogP contribution is 2.26. The van der Waals surface area contributed by atoms with E-state index in [9.17, 15) is 4.79 Å². The minimum Gasteiger partial charge on any atom is -0.324 e. The molecule has 7 heteroatoms. The predicted octanol–water partition coefficient (Wildman–Crippen LogP) is 5.03. The van der Waals surface area contributed by atoms with Gasteiger partial charge in [-0.3, -0.25) is 19.2 Å². The number of fused-ring (bicyclic) bond motifs is 1. The average Bonchev–Trinajstić information content (AvgIpc) is 3.18. The average molecular weight is 490 g/mol. The number of piperidine rings is 1. The van der Waals surface area contributed by atoms with Gasteiger partial charge in [-0.05, 0) is 67.9 Å². The lowest BCUT2D eigenvalue weighted by atomic mass is 9.97. The van der Waals surface area contributed by atoms with Gasteiger partial charge in [-0.2, -0.15) is 0 Å². The third kappa shape index (κ3) is 4.45. The van der Waals surface area contributed by atoms with Gasteiger partial charge in [0.25, 0.3) is 0 Å². The van der Waals surface area contributed by atoms with Crippen LogP contribution in [0, 0.1) is 5.92 Å². The molecule has 4 aromatic rings. The lowest BCUT2D eigenvalue weighted by Crippen LogP contribution is -2.40. The highest BCUT2D eigenvalue weighted by Gasteiger charge is 2.27. The Bertz CT molecular complexity index is 1220. The number of nitrogens with one attached hydrogen (secondary N) is 1. The first-order chi connectivity index (χ1) is 15.7. The van der Waals surface area contributed by atoms with Gasteiger partial charge in [0.2, 0.25) is 5.91 Å². The van der Waals surface area contributed by atoms with E-state index in [0.29, 0.717) is 6.54 Å². The number of hydrogen-bond acceptors (Lipinski definition) is 4. The molecule has 5 rings (SSSR count). The van der Waals surface area contributed by atoms with E-state index in [1.807, 2.05) is 36.4 Å². The van der Waals surface area contributed by atoms with E-state index in [4.69, 9.17) is 4.98 Å². The number of carbonyl (C=O) groups is 1. The number of likely N-dealkylation sites (tertiary alicyclic amines) is 1. The number of imidazole rings is 1. The Morgan fingerprint density at radius 2 is 1.94 bits per heavy atom. The van der Waals surface area contributed by atoms with Gasteiger partial charge in [-0.1, -0.05) is 28.1 Å². The van der Waals surface area contributed by atoms with Crippen LogP contribution in [0.5, 0.6) is 0 Å².